The minimum atomic E-state index is -0.310. The summed E-state index contributed by atoms with van der Waals surface area (Å²) in [6.07, 6.45) is 3.19. The summed E-state index contributed by atoms with van der Waals surface area (Å²) >= 11 is 0. The second kappa shape index (κ2) is 5.32. The molecule has 1 aliphatic rings. The quantitative estimate of drug-likeness (QED) is 0.790. The van der Waals surface area contributed by atoms with Crippen LogP contribution in [0.3, 0.4) is 0 Å². The standard InChI is InChI=1S/C13H17N3O2/c1-9-10(2)15-16(13(17)12(9)7-14)8-11-5-3-4-6-18-11/h11H,3-6,8H2,1-2H3/t11-/m1/s1. The van der Waals surface area contributed by atoms with E-state index in [1.165, 1.54) is 4.68 Å². The molecular weight excluding hydrogens is 230 g/mol. The molecule has 0 aromatic carbocycles. The van der Waals surface area contributed by atoms with Crippen molar-refractivity contribution >= 4 is 0 Å². The SMILES string of the molecule is Cc1nn(C[C@H]2CCCCO2)c(=O)c(C#N)c1C. The molecule has 5 nitrogen and oxygen atoms in total. The Kier molecular flexibility index (Phi) is 3.78. The Morgan fingerprint density at radius 3 is 2.89 bits per heavy atom. The fourth-order valence-electron chi connectivity index (χ4n) is 2.17. The summed E-state index contributed by atoms with van der Waals surface area (Å²) in [4.78, 5) is 12.1. The third-order valence-corrected chi connectivity index (χ3v) is 3.40. The van der Waals surface area contributed by atoms with E-state index in [0.717, 1.165) is 31.6 Å². The second-order valence-electron chi connectivity index (χ2n) is 4.67. The predicted octanol–water partition coefficient (Wildman–Crippen LogP) is 1.30. The zero-order chi connectivity index (χ0) is 13.1. The highest BCUT2D eigenvalue weighted by Crippen LogP contribution is 2.14. The number of nitrogens with zero attached hydrogens (tertiary/aromatic N) is 3. The number of aryl methyl sites for hydroxylation is 1. The van der Waals surface area contributed by atoms with Crippen LogP contribution in [0.1, 0.15) is 36.1 Å². The molecule has 2 rings (SSSR count). The van der Waals surface area contributed by atoms with Crippen molar-refractivity contribution < 1.29 is 4.74 Å². The van der Waals surface area contributed by atoms with Gasteiger partial charge in [-0.05, 0) is 38.7 Å². The van der Waals surface area contributed by atoms with E-state index in [1.807, 2.05) is 13.0 Å². The van der Waals surface area contributed by atoms with Crippen molar-refractivity contribution in [3.05, 3.63) is 27.2 Å². The van der Waals surface area contributed by atoms with Gasteiger partial charge >= 0.3 is 0 Å². The molecule has 1 saturated heterocycles. The molecule has 0 amide bonds. The molecule has 5 heteroatoms. The van der Waals surface area contributed by atoms with Gasteiger partial charge in [-0.3, -0.25) is 4.79 Å². The van der Waals surface area contributed by atoms with Crippen molar-refractivity contribution in [1.82, 2.24) is 9.78 Å². The fourth-order valence-corrected chi connectivity index (χ4v) is 2.17. The summed E-state index contributed by atoms with van der Waals surface area (Å²) in [6, 6.07) is 1.97. The van der Waals surface area contributed by atoms with E-state index >= 15 is 0 Å². The topological polar surface area (TPSA) is 67.9 Å². The average molecular weight is 247 g/mol. The summed E-state index contributed by atoms with van der Waals surface area (Å²) in [5.41, 5.74) is 1.28. The summed E-state index contributed by atoms with van der Waals surface area (Å²) in [5.74, 6) is 0. The van der Waals surface area contributed by atoms with Crippen molar-refractivity contribution in [3.63, 3.8) is 0 Å². The third kappa shape index (κ3) is 2.44. The van der Waals surface area contributed by atoms with Crippen LogP contribution in [0.2, 0.25) is 0 Å². The van der Waals surface area contributed by atoms with Crippen molar-refractivity contribution in [2.24, 2.45) is 0 Å². The molecular formula is C13H17N3O2. The lowest BCUT2D eigenvalue weighted by Crippen LogP contribution is -2.34. The number of aromatic nitrogens is 2. The summed E-state index contributed by atoms with van der Waals surface area (Å²) in [7, 11) is 0. The monoisotopic (exact) mass is 247 g/mol. The second-order valence-corrected chi connectivity index (χ2v) is 4.67. The molecule has 1 aromatic heterocycles. The Balaban J connectivity index is 2.31. The zero-order valence-corrected chi connectivity index (χ0v) is 10.8. The van der Waals surface area contributed by atoms with Crippen molar-refractivity contribution in [2.75, 3.05) is 6.61 Å². The van der Waals surface area contributed by atoms with E-state index in [9.17, 15) is 4.79 Å². The largest absolute Gasteiger partial charge is 0.376 e. The van der Waals surface area contributed by atoms with Gasteiger partial charge in [0.1, 0.15) is 11.6 Å². The molecule has 1 fully saturated rings. The van der Waals surface area contributed by atoms with Crippen LogP contribution in [0, 0.1) is 25.2 Å². The summed E-state index contributed by atoms with van der Waals surface area (Å²) in [6.45, 7) is 4.75. The van der Waals surface area contributed by atoms with Gasteiger partial charge in [-0.15, -0.1) is 0 Å². The lowest BCUT2D eigenvalue weighted by atomic mass is 10.1. The van der Waals surface area contributed by atoms with E-state index in [2.05, 4.69) is 5.10 Å². The van der Waals surface area contributed by atoms with Crippen LogP contribution >= 0.6 is 0 Å². The van der Waals surface area contributed by atoms with Gasteiger partial charge in [-0.25, -0.2) is 4.68 Å². The predicted molar refractivity (Wildman–Crippen MR) is 66.3 cm³/mol. The maximum atomic E-state index is 12.1. The summed E-state index contributed by atoms with van der Waals surface area (Å²) in [5, 5.41) is 13.3. The third-order valence-electron chi connectivity index (χ3n) is 3.40. The Morgan fingerprint density at radius 2 is 2.28 bits per heavy atom. The van der Waals surface area contributed by atoms with Crippen LogP contribution in [0.5, 0.6) is 0 Å². The Morgan fingerprint density at radius 1 is 1.50 bits per heavy atom. The first kappa shape index (κ1) is 12.8. The molecule has 1 aromatic rings. The Bertz CT molecular complexity index is 536. The van der Waals surface area contributed by atoms with Gasteiger partial charge in [0.25, 0.3) is 5.56 Å². The van der Waals surface area contributed by atoms with Crippen LogP contribution in [0.25, 0.3) is 0 Å². The van der Waals surface area contributed by atoms with Crippen molar-refractivity contribution in [3.8, 4) is 6.07 Å². The highest BCUT2D eigenvalue weighted by atomic mass is 16.5. The van der Waals surface area contributed by atoms with Gasteiger partial charge in [0, 0.05) is 6.61 Å². The van der Waals surface area contributed by atoms with Crippen LogP contribution < -0.4 is 5.56 Å². The smallest absolute Gasteiger partial charge is 0.285 e. The van der Waals surface area contributed by atoms with E-state index in [1.54, 1.807) is 6.92 Å². The lowest BCUT2D eigenvalue weighted by molar-refractivity contribution is 0.00305. The minimum absolute atomic E-state index is 0.0394. The molecule has 18 heavy (non-hydrogen) atoms. The minimum Gasteiger partial charge on any atom is -0.376 e. The van der Waals surface area contributed by atoms with Crippen molar-refractivity contribution in [2.45, 2.75) is 45.8 Å². The molecule has 2 heterocycles. The average Bonchev–Trinajstić information content (AvgIpc) is 2.38. The van der Waals surface area contributed by atoms with Gasteiger partial charge in [-0.1, -0.05) is 0 Å². The maximum Gasteiger partial charge on any atom is 0.285 e. The van der Waals surface area contributed by atoms with Crippen LogP contribution in [0.15, 0.2) is 4.79 Å². The van der Waals surface area contributed by atoms with Crippen LogP contribution in [0.4, 0.5) is 0 Å². The van der Waals surface area contributed by atoms with Crippen LogP contribution in [-0.4, -0.2) is 22.5 Å². The van der Waals surface area contributed by atoms with Crippen molar-refractivity contribution in [1.29, 1.82) is 5.26 Å². The van der Waals surface area contributed by atoms with Crippen LogP contribution in [-0.2, 0) is 11.3 Å². The van der Waals surface area contributed by atoms with E-state index < -0.39 is 0 Å². The molecule has 0 spiro atoms. The first-order chi connectivity index (χ1) is 8.63. The van der Waals surface area contributed by atoms with E-state index in [4.69, 9.17) is 10.00 Å². The number of hydrogen-bond donors (Lipinski definition) is 0. The maximum absolute atomic E-state index is 12.1. The summed E-state index contributed by atoms with van der Waals surface area (Å²) < 4.78 is 6.97. The molecule has 0 radical (unpaired) electrons. The highest BCUT2D eigenvalue weighted by molar-refractivity contribution is 5.36. The van der Waals surface area contributed by atoms with Gasteiger partial charge in [0.15, 0.2) is 0 Å². The van der Waals surface area contributed by atoms with E-state index in [-0.39, 0.29) is 17.2 Å². The first-order valence-corrected chi connectivity index (χ1v) is 6.23. The van der Waals surface area contributed by atoms with Gasteiger partial charge in [-0.2, -0.15) is 10.4 Å². The molecule has 1 aliphatic heterocycles. The number of rotatable bonds is 2. The van der Waals surface area contributed by atoms with Gasteiger partial charge in [0.2, 0.25) is 0 Å². The number of nitriles is 1. The zero-order valence-electron chi connectivity index (χ0n) is 10.8. The normalized spacial score (nSPS) is 19.5. The lowest BCUT2D eigenvalue weighted by Gasteiger charge is -2.23. The molecule has 96 valence electrons. The number of hydrogen-bond acceptors (Lipinski definition) is 4. The molecule has 0 aliphatic carbocycles. The van der Waals surface area contributed by atoms with E-state index in [0.29, 0.717) is 12.1 Å². The molecule has 0 bridgehead atoms. The Hall–Kier alpha value is -1.67. The molecule has 0 saturated carbocycles. The Labute approximate surface area is 106 Å². The fraction of sp³-hybridized carbons (Fsp3) is 0.615. The van der Waals surface area contributed by atoms with Gasteiger partial charge < -0.3 is 4.74 Å². The molecule has 0 unspecified atom stereocenters. The first-order valence-electron chi connectivity index (χ1n) is 6.23. The molecule has 0 N–H and O–H groups in total. The highest BCUT2D eigenvalue weighted by Gasteiger charge is 2.18. The van der Waals surface area contributed by atoms with Gasteiger partial charge in [0.05, 0.1) is 18.3 Å². The number of ether oxygens (including phenoxy) is 1. The molecule has 1 atom stereocenters.